The van der Waals surface area contributed by atoms with Gasteiger partial charge in [0.05, 0.1) is 16.8 Å². The monoisotopic (exact) mass is 366 g/mol. The summed E-state index contributed by atoms with van der Waals surface area (Å²) < 4.78 is 6.14. The normalized spacial score (nSPS) is 14.7. The minimum atomic E-state index is 0.145. The molecule has 0 bridgehead atoms. The van der Waals surface area contributed by atoms with E-state index in [0.29, 0.717) is 27.3 Å². The van der Waals surface area contributed by atoms with Crippen molar-refractivity contribution in [1.82, 2.24) is 4.98 Å². The molecule has 2 N–H and O–H groups in total. The van der Waals surface area contributed by atoms with E-state index in [0.717, 1.165) is 22.3 Å². The number of hydrogen-bond acceptors (Lipinski definition) is 5. The van der Waals surface area contributed by atoms with Crippen LogP contribution in [0.1, 0.15) is 35.1 Å². The van der Waals surface area contributed by atoms with Gasteiger partial charge in [0.25, 0.3) is 0 Å². The topological polar surface area (TPSA) is 99.6 Å². The zero-order chi connectivity index (χ0) is 16.7. The highest BCUT2D eigenvalue weighted by molar-refractivity contribution is 9.10. The summed E-state index contributed by atoms with van der Waals surface area (Å²) in [5.41, 5.74) is 10.3. The molecule has 0 amide bonds. The number of nitrogens with two attached hydrogens (primary N) is 1. The number of aromatic nitrogens is 1. The molecule has 2 aromatic rings. The van der Waals surface area contributed by atoms with Crippen LogP contribution in [0, 0.1) is 29.6 Å². The van der Waals surface area contributed by atoms with Gasteiger partial charge in [-0.15, -0.1) is 0 Å². The van der Waals surface area contributed by atoms with Gasteiger partial charge in [0, 0.05) is 5.56 Å². The van der Waals surface area contributed by atoms with Crippen molar-refractivity contribution in [2.45, 2.75) is 13.8 Å². The molecule has 5 nitrogen and oxygen atoms in total. The molecule has 2 aromatic heterocycles. The van der Waals surface area contributed by atoms with E-state index in [9.17, 15) is 10.5 Å². The van der Waals surface area contributed by atoms with Crippen molar-refractivity contribution in [1.29, 1.82) is 10.5 Å². The predicted octanol–water partition coefficient (Wildman–Crippen LogP) is 4.05. The molecular formula is C17H11BrN4O. The van der Waals surface area contributed by atoms with Gasteiger partial charge < -0.3 is 10.2 Å². The molecule has 0 unspecified atom stereocenters. The van der Waals surface area contributed by atoms with Gasteiger partial charge in [0.1, 0.15) is 23.7 Å². The summed E-state index contributed by atoms with van der Waals surface area (Å²) in [5.74, 6) is 0.789. The fraction of sp³-hybridized carbons (Fsp3) is 0.118. The van der Waals surface area contributed by atoms with Crippen molar-refractivity contribution in [3.05, 3.63) is 50.5 Å². The molecule has 0 spiro atoms. The smallest absolute Gasteiger partial charge is 0.169 e. The SMILES string of the molecule is CC1=C(C#N)c2nc(N)c(C#N)c(C)c2C1=Cc1ccc(Br)o1. The maximum atomic E-state index is 9.47. The first kappa shape index (κ1) is 15.1. The lowest BCUT2D eigenvalue weighted by molar-refractivity contribution is 0.532. The van der Waals surface area contributed by atoms with E-state index in [2.05, 4.69) is 33.1 Å². The lowest BCUT2D eigenvalue weighted by Gasteiger charge is -2.10. The van der Waals surface area contributed by atoms with Crippen LogP contribution in [0.2, 0.25) is 0 Å². The molecule has 0 aliphatic heterocycles. The first-order valence-corrected chi connectivity index (χ1v) is 7.56. The minimum absolute atomic E-state index is 0.145. The van der Waals surface area contributed by atoms with E-state index in [-0.39, 0.29) is 5.82 Å². The standard InChI is InChI=1S/C17H11BrN4O/c1-8-11(5-10-3-4-14(18)23-10)15-9(2)13(7-20)17(21)22-16(15)12(8)6-19/h3-5H,1-2H3,(H2,21,22). The average Bonchev–Trinajstić information content (AvgIpc) is 3.02. The molecule has 0 aromatic carbocycles. The number of nitrogen functional groups attached to an aromatic ring is 1. The number of fused-ring (bicyclic) bond motifs is 1. The average molecular weight is 367 g/mol. The second-order valence-corrected chi connectivity index (χ2v) is 5.93. The van der Waals surface area contributed by atoms with Crippen LogP contribution in [-0.2, 0) is 0 Å². The lowest BCUT2D eigenvalue weighted by Crippen LogP contribution is -2.03. The summed E-state index contributed by atoms with van der Waals surface area (Å²) in [5, 5.41) is 18.8. The Bertz CT molecular complexity index is 983. The van der Waals surface area contributed by atoms with Crippen LogP contribution in [0.4, 0.5) is 5.82 Å². The molecule has 0 saturated heterocycles. The van der Waals surface area contributed by atoms with E-state index < -0.39 is 0 Å². The lowest BCUT2D eigenvalue weighted by atomic mass is 9.96. The summed E-state index contributed by atoms with van der Waals surface area (Å²) in [4.78, 5) is 4.28. The summed E-state index contributed by atoms with van der Waals surface area (Å²) in [7, 11) is 0. The quantitative estimate of drug-likeness (QED) is 0.820. The van der Waals surface area contributed by atoms with Crippen LogP contribution >= 0.6 is 15.9 Å². The fourth-order valence-electron chi connectivity index (χ4n) is 2.74. The van der Waals surface area contributed by atoms with Crippen molar-refractivity contribution in [2.24, 2.45) is 0 Å². The zero-order valence-electron chi connectivity index (χ0n) is 12.4. The molecule has 0 saturated carbocycles. The predicted molar refractivity (Wildman–Crippen MR) is 90.6 cm³/mol. The molecule has 0 fully saturated rings. The van der Waals surface area contributed by atoms with Crippen LogP contribution in [-0.4, -0.2) is 4.98 Å². The summed E-state index contributed by atoms with van der Waals surface area (Å²) in [6.07, 6.45) is 1.84. The zero-order valence-corrected chi connectivity index (χ0v) is 14.0. The van der Waals surface area contributed by atoms with Gasteiger partial charge in [-0.2, -0.15) is 10.5 Å². The Hall–Kier alpha value is -2.83. The number of allylic oxidation sites excluding steroid dienone is 3. The maximum absolute atomic E-state index is 9.47. The fourth-order valence-corrected chi connectivity index (χ4v) is 3.06. The third kappa shape index (κ3) is 2.25. The summed E-state index contributed by atoms with van der Waals surface area (Å²) in [6, 6.07) is 7.88. The molecule has 1 aliphatic rings. The number of nitrogens with zero attached hydrogens (tertiary/aromatic N) is 3. The molecule has 23 heavy (non-hydrogen) atoms. The molecule has 6 heteroatoms. The second-order valence-electron chi connectivity index (χ2n) is 5.14. The number of rotatable bonds is 1. The number of pyridine rings is 1. The van der Waals surface area contributed by atoms with Crippen LogP contribution in [0.5, 0.6) is 0 Å². The molecule has 3 rings (SSSR count). The van der Waals surface area contributed by atoms with E-state index in [1.807, 2.05) is 26.0 Å². The van der Waals surface area contributed by atoms with Gasteiger partial charge in [-0.3, -0.25) is 0 Å². The molecule has 0 atom stereocenters. The first-order valence-electron chi connectivity index (χ1n) is 6.77. The Balaban J connectivity index is 2.34. The highest BCUT2D eigenvalue weighted by atomic mass is 79.9. The molecule has 1 aliphatic carbocycles. The van der Waals surface area contributed by atoms with E-state index in [4.69, 9.17) is 10.2 Å². The Kier molecular flexibility index (Phi) is 3.55. The Morgan fingerprint density at radius 3 is 2.57 bits per heavy atom. The van der Waals surface area contributed by atoms with Crippen LogP contribution in [0.15, 0.2) is 26.8 Å². The molecular weight excluding hydrogens is 356 g/mol. The second kappa shape index (κ2) is 5.42. The third-order valence-corrected chi connectivity index (χ3v) is 4.29. The Morgan fingerprint density at radius 1 is 1.26 bits per heavy atom. The van der Waals surface area contributed by atoms with Crippen LogP contribution in [0.3, 0.4) is 0 Å². The van der Waals surface area contributed by atoms with Crippen LogP contribution < -0.4 is 5.73 Å². The largest absolute Gasteiger partial charge is 0.450 e. The maximum Gasteiger partial charge on any atom is 0.169 e. The Labute approximate surface area is 141 Å². The van der Waals surface area contributed by atoms with Crippen molar-refractivity contribution >= 4 is 39.0 Å². The van der Waals surface area contributed by atoms with Gasteiger partial charge >= 0.3 is 0 Å². The number of anilines is 1. The molecule has 2 heterocycles. The van der Waals surface area contributed by atoms with E-state index >= 15 is 0 Å². The van der Waals surface area contributed by atoms with Gasteiger partial charge in [-0.25, -0.2) is 4.98 Å². The van der Waals surface area contributed by atoms with Crippen molar-refractivity contribution in [2.75, 3.05) is 5.73 Å². The van der Waals surface area contributed by atoms with Gasteiger partial charge in [-0.1, -0.05) is 0 Å². The van der Waals surface area contributed by atoms with Crippen molar-refractivity contribution in [3.8, 4) is 12.1 Å². The number of hydrogen-bond donors (Lipinski definition) is 1. The molecule has 112 valence electrons. The van der Waals surface area contributed by atoms with Crippen molar-refractivity contribution in [3.63, 3.8) is 0 Å². The Morgan fingerprint density at radius 2 is 2.00 bits per heavy atom. The number of furan rings is 1. The van der Waals surface area contributed by atoms with Gasteiger partial charge in [0.2, 0.25) is 0 Å². The minimum Gasteiger partial charge on any atom is -0.450 e. The van der Waals surface area contributed by atoms with E-state index in [1.54, 1.807) is 6.07 Å². The number of nitriles is 2. The van der Waals surface area contributed by atoms with Gasteiger partial charge in [0.15, 0.2) is 4.67 Å². The summed E-state index contributed by atoms with van der Waals surface area (Å²) in [6.45, 7) is 3.67. The number of halogens is 1. The van der Waals surface area contributed by atoms with Crippen LogP contribution in [0.25, 0.3) is 17.2 Å². The third-order valence-electron chi connectivity index (χ3n) is 3.86. The summed E-state index contributed by atoms with van der Waals surface area (Å²) >= 11 is 3.27. The highest BCUT2D eigenvalue weighted by Gasteiger charge is 2.29. The highest BCUT2D eigenvalue weighted by Crippen LogP contribution is 2.44. The van der Waals surface area contributed by atoms with Crippen molar-refractivity contribution < 1.29 is 4.42 Å². The van der Waals surface area contributed by atoms with E-state index in [1.165, 1.54) is 0 Å². The first-order chi connectivity index (χ1) is 11.0. The van der Waals surface area contributed by atoms with Gasteiger partial charge in [-0.05, 0) is 64.7 Å². The molecule has 0 radical (unpaired) electrons.